The monoisotopic (exact) mass is 256 g/mol. The number of hydrogen-bond acceptors (Lipinski definition) is 4. The van der Waals surface area contributed by atoms with E-state index in [9.17, 15) is 0 Å². The Labute approximate surface area is 108 Å². The van der Waals surface area contributed by atoms with Crippen LogP contribution in [0.1, 0.15) is 11.1 Å². The van der Waals surface area contributed by atoms with Crippen molar-refractivity contribution in [1.82, 2.24) is 13.8 Å². The van der Waals surface area contributed by atoms with Gasteiger partial charge in [-0.2, -0.15) is 9.37 Å². The van der Waals surface area contributed by atoms with Crippen LogP contribution in [-0.2, 0) is 0 Å². The summed E-state index contributed by atoms with van der Waals surface area (Å²) in [7, 11) is 0. The molecule has 5 heteroatoms. The molecule has 0 atom stereocenters. The molecule has 0 aliphatic carbocycles. The zero-order valence-electron chi connectivity index (χ0n) is 10.2. The standard InChI is InChI=1S/C13H12N4S/c1-9-3-5-14-11(7-9)15-13-17-6-4-10(2)8-12(17)16-18-13/h3-8H,1-2H3. The van der Waals surface area contributed by atoms with E-state index in [2.05, 4.69) is 21.3 Å². The average Bonchev–Trinajstić information content (AvgIpc) is 2.72. The zero-order valence-corrected chi connectivity index (χ0v) is 11.0. The fourth-order valence-corrected chi connectivity index (χ4v) is 2.40. The van der Waals surface area contributed by atoms with Gasteiger partial charge in [0.15, 0.2) is 11.5 Å². The summed E-state index contributed by atoms with van der Waals surface area (Å²) in [5.41, 5.74) is 3.27. The Morgan fingerprint density at radius 3 is 2.83 bits per heavy atom. The Morgan fingerprint density at radius 1 is 1.17 bits per heavy atom. The predicted molar refractivity (Wildman–Crippen MR) is 72.0 cm³/mol. The highest BCUT2D eigenvalue weighted by atomic mass is 32.1. The van der Waals surface area contributed by atoms with Gasteiger partial charge in [0.25, 0.3) is 0 Å². The number of fused-ring (bicyclic) bond motifs is 1. The maximum atomic E-state index is 4.53. The third kappa shape index (κ3) is 2.04. The molecule has 0 saturated carbocycles. The topological polar surface area (TPSA) is 42.5 Å². The van der Waals surface area contributed by atoms with Crippen molar-refractivity contribution < 1.29 is 0 Å². The first-order chi connectivity index (χ1) is 8.72. The van der Waals surface area contributed by atoms with Gasteiger partial charge in [-0.1, -0.05) is 0 Å². The van der Waals surface area contributed by atoms with Crippen molar-refractivity contribution in [3.63, 3.8) is 0 Å². The van der Waals surface area contributed by atoms with Crippen molar-refractivity contribution in [2.75, 3.05) is 0 Å². The van der Waals surface area contributed by atoms with Gasteiger partial charge in [0.2, 0.25) is 4.80 Å². The first kappa shape index (κ1) is 11.1. The summed E-state index contributed by atoms with van der Waals surface area (Å²) in [5.74, 6) is 0.716. The minimum atomic E-state index is 0.716. The summed E-state index contributed by atoms with van der Waals surface area (Å²) >= 11 is 1.38. The van der Waals surface area contributed by atoms with Gasteiger partial charge in [0.1, 0.15) is 0 Å². The van der Waals surface area contributed by atoms with Gasteiger partial charge in [0, 0.05) is 23.9 Å². The minimum absolute atomic E-state index is 0.716. The molecular weight excluding hydrogens is 244 g/mol. The molecule has 3 aromatic rings. The van der Waals surface area contributed by atoms with E-state index in [1.165, 1.54) is 17.1 Å². The quantitative estimate of drug-likeness (QED) is 0.671. The van der Waals surface area contributed by atoms with E-state index in [-0.39, 0.29) is 0 Å². The van der Waals surface area contributed by atoms with Crippen LogP contribution in [-0.4, -0.2) is 13.8 Å². The lowest BCUT2D eigenvalue weighted by Crippen LogP contribution is -2.05. The SMILES string of the molecule is Cc1ccnc(N=c2snc3cc(C)ccn23)c1. The lowest BCUT2D eigenvalue weighted by Gasteiger charge is -1.95. The van der Waals surface area contributed by atoms with Gasteiger partial charge in [-0.3, -0.25) is 4.40 Å². The molecule has 0 N–H and O–H groups in total. The summed E-state index contributed by atoms with van der Waals surface area (Å²) in [6.45, 7) is 4.08. The molecule has 4 nitrogen and oxygen atoms in total. The molecule has 0 fully saturated rings. The van der Waals surface area contributed by atoms with Crippen LogP contribution >= 0.6 is 11.5 Å². The lowest BCUT2D eigenvalue weighted by molar-refractivity contribution is 1.07. The normalized spacial score (nSPS) is 12.2. The first-order valence-electron chi connectivity index (χ1n) is 5.64. The second-order valence-corrected chi connectivity index (χ2v) is 4.93. The van der Waals surface area contributed by atoms with Gasteiger partial charge in [-0.05, 0) is 49.2 Å². The summed E-state index contributed by atoms with van der Waals surface area (Å²) in [6.07, 6.45) is 3.76. The molecule has 0 saturated heterocycles. The largest absolute Gasteiger partial charge is 0.275 e. The van der Waals surface area contributed by atoms with Crippen LogP contribution in [0.25, 0.3) is 5.65 Å². The first-order valence-corrected chi connectivity index (χ1v) is 6.42. The maximum absolute atomic E-state index is 4.53. The highest BCUT2D eigenvalue weighted by Gasteiger charge is 1.99. The van der Waals surface area contributed by atoms with Crippen LogP contribution < -0.4 is 4.80 Å². The predicted octanol–water partition coefficient (Wildman–Crippen LogP) is 2.64. The van der Waals surface area contributed by atoms with Gasteiger partial charge < -0.3 is 0 Å². The molecule has 18 heavy (non-hydrogen) atoms. The molecule has 0 amide bonds. The Kier molecular flexibility index (Phi) is 2.68. The molecule has 3 aromatic heterocycles. The fourth-order valence-electron chi connectivity index (χ4n) is 1.71. The van der Waals surface area contributed by atoms with E-state index in [0.717, 1.165) is 16.0 Å². The highest BCUT2D eigenvalue weighted by Crippen LogP contribution is 2.09. The number of aryl methyl sites for hydroxylation is 2. The number of nitrogens with zero attached hydrogens (tertiary/aromatic N) is 4. The van der Waals surface area contributed by atoms with Crippen molar-refractivity contribution >= 4 is 23.0 Å². The molecule has 0 radical (unpaired) electrons. The number of hydrogen-bond donors (Lipinski definition) is 0. The molecule has 0 aromatic carbocycles. The number of aromatic nitrogens is 3. The Bertz CT molecular complexity index is 770. The Hall–Kier alpha value is -2.01. The molecule has 0 bridgehead atoms. The summed E-state index contributed by atoms with van der Waals surface area (Å²) < 4.78 is 6.36. The lowest BCUT2D eigenvalue weighted by atomic mass is 10.3. The molecule has 0 unspecified atom stereocenters. The highest BCUT2D eigenvalue weighted by molar-refractivity contribution is 7.03. The van der Waals surface area contributed by atoms with Crippen molar-refractivity contribution in [3.05, 3.63) is 52.6 Å². The molecule has 3 heterocycles. The van der Waals surface area contributed by atoms with E-state index in [4.69, 9.17) is 0 Å². The number of rotatable bonds is 1. The molecular formula is C13H12N4S. The Balaban J connectivity index is 2.20. The van der Waals surface area contributed by atoms with Crippen LogP contribution in [0.4, 0.5) is 5.82 Å². The molecule has 0 aliphatic rings. The molecule has 3 rings (SSSR count). The average molecular weight is 256 g/mol. The molecule has 0 aliphatic heterocycles. The molecule has 90 valence electrons. The van der Waals surface area contributed by atoms with Crippen LogP contribution in [0.2, 0.25) is 0 Å². The van der Waals surface area contributed by atoms with Crippen molar-refractivity contribution in [3.8, 4) is 0 Å². The van der Waals surface area contributed by atoms with Crippen LogP contribution in [0.5, 0.6) is 0 Å². The smallest absolute Gasteiger partial charge is 0.215 e. The minimum Gasteiger partial charge on any atom is -0.275 e. The fraction of sp³-hybridized carbons (Fsp3) is 0.154. The van der Waals surface area contributed by atoms with E-state index < -0.39 is 0 Å². The van der Waals surface area contributed by atoms with Crippen molar-refractivity contribution in [2.45, 2.75) is 13.8 Å². The van der Waals surface area contributed by atoms with Crippen LogP contribution in [0.3, 0.4) is 0 Å². The van der Waals surface area contributed by atoms with Gasteiger partial charge in [0.05, 0.1) is 0 Å². The second-order valence-electron chi connectivity index (χ2n) is 4.20. The third-order valence-electron chi connectivity index (χ3n) is 2.63. The van der Waals surface area contributed by atoms with Gasteiger partial charge in [-0.25, -0.2) is 4.98 Å². The van der Waals surface area contributed by atoms with Crippen LogP contribution in [0.15, 0.2) is 41.7 Å². The summed E-state index contributed by atoms with van der Waals surface area (Å²) in [5, 5.41) is 0. The van der Waals surface area contributed by atoms with Gasteiger partial charge in [-0.15, -0.1) is 0 Å². The summed E-state index contributed by atoms with van der Waals surface area (Å²) in [4.78, 5) is 9.60. The van der Waals surface area contributed by atoms with E-state index >= 15 is 0 Å². The third-order valence-corrected chi connectivity index (χ3v) is 3.36. The zero-order chi connectivity index (χ0) is 12.5. The molecule has 0 spiro atoms. The Morgan fingerprint density at radius 2 is 2.00 bits per heavy atom. The van der Waals surface area contributed by atoms with E-state index in [0.29, 0.717) is 5.82 Å². The van der Waals surface area contributed by atoms with E-state index in [1.807, 2.05) is 41.8 Å². The van der Waals surface area contributed by atoms with Crippen molar-refractivity contribution in [2.24, 2.45) is 4.99 Å². The van der Waals surface area contributed by atoms with Crippen LogP contribution in [0, 0.1) is 13.8 Å². The summed E-state index contributed by atoms with van der Waals surface area (Å²) in [6, 6.07) is 8.00. The van der Waals surface area contributed by atoms with Gasteiger partial charge >= 0.3 is 0 Å². The maximum Gasteiger partial charge on any atom is 0.215 e. The van der Waals surface area contributed by atoms with Crippen molar-refractivity contribution in [1.29, 1.82) is 0 Å². The number of pyridine rings is 2. The second kappa shape index (κ2) is 4.34. The van der Waals surface area contributed by atoms with E-state index in [1.54, 1.807) is 6.20 Å².